The Morgan fingerprint density at radius 2 is 2.31 bits per heavy atom. The summed E-state index contributed by atoms with van der Waals surface area (Å²) in [4.78, 5) is 8.35. The van der Waals surface area contributed by atoms with Gasteiger partial charge in [0, 0.05) is 12.4 Å². The summed E-state index contributed by atoms with van der Waals surface area (Å²) < 4.78 is 7.80. The van der Waals surface area contributed by atoms with Crippen LogP contribution in [0, 0.1) is 6.92 Å². The van der Waals surface area contributed by atoms with Crippen LogP contribution >= 0.6 is 15.9 Å². The lowest BCUT2D eigenvalue weighted by atomic mass is 10.5. The fourth-order valence-corrected chi connectivity index (χ4v) is 1.54. The van der Waals surface area contributed by atoms with Gasteiger partial charge in [0.2, 0.25) is 5.65 Å². The lowest BCUT2D eigenvalue weighted by molar-refractivity contribution is 0.398. The first-order valence-electron chi connectivity index (χ1n) is 3.77. The van der Waals surface area contributed by atoms with Crippen molar-refractivity contribution >= 4 is 21.6 Å². The molecule has 0 fully saturated rings. The van der Waals surface area contributed by atoms with Crippen molar-refractivity contribution in [3.63, 3.8) is 0 Å². The topological polar surface area (TPSA) is 39.4 Å². The Bertz CT molecular complexity index is 452. The molecule has 0 aliphatic carbocycles. The van der Waals surface area contributed by atoms with Gasteiger partial charge in [0.1, 0.15) is 4.60 Å². The average Bonchev–Trinajstić information content (AvgIpc) is 2.60. The lowest BCUT2D eigenvalue weighted by Gasteiger charge is -2.05. The van der Waals surface area contributed by atoms with Gasteiger partial charge in [-0.2, -0.15) is 0 Å². The van der Waals surface area contributed by atoms with Gasteiger partial charge in [-0.15, -0.1) is 0 Å². The molecule has 2 rings (SSSR count). The molecule has 2 aromatic heterocycles. The minimum absolute atomic E-state index is 0.530. The zero-order valence-electron chi connectivity index (χ0n) is 7.28. The molecule has 0 amide bonds. The maximum Gasteiger partial charge on any atom is 0.259 e. The van der Waals surface area contributed by atoms with E-state index in [4.69, 9.17) is 4.74 Å². The highest BCUT2D eigenvalue weighted by molar-refractivity contribution is 9.10. The standard InChI is InChI=1S/C8H8BrN3O/c1-5-6(9)11-8(13-2)7-10-3-4-12(5)7/h3-4H,1-2H3. The van der Waals surface area contributed by atoms with E-state index >= 15 is 0 Å². The smallest absolute Gasteiger partial charge is 0.259 e. The summed E-state index contributed by atoms with van der Waals surface area (Å²) in [6, 6.07) is 0. The van der Waals surface area contributed by atoms with Crippen LogP contribution in [-0.4, -0.2) is 21.5 Å². The summed E-state index contributed by atoms with van der Waals surface area (Å²) in [6.07, 6.45) is 3.60. The van der Waals surface area contributed by atoms with Gasteiger partial charge < -0.3 is 4.74 Å². The first kappa shape index (κ1) is 8.50. The predicted octanol–water partition coefficient (Wildman–Crippen LogP) is 1.81. The SMILES string of the molecule is COc1nc(Br)c(C)n2ccnc12. The van der Waals surface area contributed by atoms with Crippen molar-refractivity contribution in [2.75, 3.05) is 7.11 Å². The molecular weight excluding hydrogens is 234 g/mol. The second-order valence-corrected chi connectivity index (χ2v) is 3.37. The molecule has 0 aliphatic rings. The number of imidazole rings is 1. The van der Waals surface area contributed by atoms with Crippen LogP contribution in [0.3, 0.4) is 0 Å². The zero-order valence-corrected chi connectivity index (χ0v) is 8.87. The fraction of sp³-hybridized carbons (Fsp3) is 0.250. The van der Waals surface area contributed by atoms with Crippen molar-refractivity contribution in [2.24, 2.45) is 0 Å². The van der Waals surface area contributed by atoms with E-state index in [1.165, 1.54) is 0 Å². The van der Waals surface area contributed by atoms with Crippen LogP contribution in [0.15, 0.2) is 17.0 Å². The van der Waals surface area contributed by atoms with Crippen molar-refractivity contribution in [1.82, 2.24) is 14.4 Å². The van der Waals surface area contributed by atoms with E-state index in [0.29, 0.717) is 5.88 Å². The molecule has 2 aromatic rings. The largest absolute Gasteiger partial charge is 0.478 e. The molecular formula is C8H8BrN3O. The Morgan fingerprint density at radius 1 is 1.54 bits per heavy atom. The maximum absolute atomic E-state index is 5.10. The number of nitrogens with zero attached hydrogens (tertiary/aromatic N) is 3. The fourth-order valence-electron chi connectivity index (χ4n) is 1.19. The van der Waals surface area contributed by atoms with Crippen molar-refractivity contribution < 1.29 is 4.74 Å². The number of fused-ring (bicyclic) bond motifs is 1. The third kappa shape index (κ3) is 1.19. The third-order valence-electron chi connectivity index (χ3n) is 1.88. The number of aromatic nitrogens is 3. The molecule has 0 saturated carbocycles. The number of rotatable bonds is 1. The van der Waals surface area contributed by atoms with Crippen LogP contribution < -0.4 is 4.74 Å². The Labute approximate surface area is 83.7 Å². The second kappa shape index (κ2) is 2.99. The van der Waals surface area contributed by atoms with E-state index in [1.54, 1.807) is 13.3 Å². The number of hydrogen-bond donors (Lipinski definition) is 0. The van der Waals surface area contributed by atoms with Crippen LogP contribution in [0.5, 0.6) is 5.88 Å². The van der Waals surface area contributed by atoms with E-state index in [9.17, 15) is 0 Å². The number of ether oxygens (including phenoxy) is 1. The van der Waals surface area contributed by atoms with Crippen LogP contribution in [0.25, 0.3) is 5.65 Å². The van der Waals surface area contributed by atoms with Gasteiger partial charge in [-0.05, 0) is 22.9 Å². The Morgan fingerprint density at radius 3 is 3.00 bits per heavy atom. The molecule has 0 spiro atoms. The van der Waals surface area contributed by atoms with E-state index in [1.807, 2.05) is 17.5 Å². The summed E-state index contributed by atoms with van der Waals surface area (Å²) in [6.45, 7) is 1.96. The monoisotopic (exact) mass is 241 g/mol. The Kier molecular flexibility index (Phi) is 1.95. The number of halogens is 1. The number of methoxy groups -OCH3 is 1. The van der Waals surface area contributed by atoms with Crippen LogP contribution in [0.2, 0.25) is 0 Å². The van der Waals surface area contributed by atoms with E-state index < -0.39 is 0 Å². The van der Waals surface area contributed by atoms with Crippen molar-refractivity contribution in [2.45, 2.75) is 6.92 Å². The molecule has 0 aromatic carbocycles. The molecule has 0 unspecified atom stereocenters. The van der Waals surface area contributed by atoms with Gasteiger partial charge in [0.05, 0.1) is 12.8 Å². The highest BCUT2D eigenvalue weighted by Gasteiger charge is 2.09. The van der Waals surface area contributed by atoms with Crippen molar-refractivity contribution in [1.29, 1.82) is 0 Å². The van der Waals surface area contributed by atoms with E-state index in [0.717, 1.165) is 15.9 Å². The van der Waals surface area contributed by atoms with Crippen LogP contribution in [0.1, 0.15) is 5.69 Å². The molecule has 4 nitrogen and oxygen atoms in total. The number of aryl methyl sites for hydroxylation is 1. The Balaban J connectivity index is 2.87. The second-order valence-electron chi connectivity index (χ2n) is 2.62. The molecule has 0 N–H and O–H groups in total. The average molecular weight is 242 g/mol. The summed E-state index contributed by atoms with van der Waals surface area (Å²) in [7, 11) is 1.58. The van der Waals surface area contributed by atoms with Crippen molar-refractivity contribution in [3.05, 3.63) is 22.7 Å². The van der Waals surface area contributed by atoms with Crippen molar-refractivity contribution in [3.8, 4) is 5.88 Å². The molecule has 68 valence electrons. The molecule has 0 saturated heterocycles. The van der Waals surface area contributed by atoms with Gasteiger partial charge in [0.25, 0.3) is 5.88 Å². The number of hydrogen-bond acceptors (Lipinski definition) is 3. The van der Waals surface area contributed by atoms with Gasteiger partial charge >= 0.3 is 0 Å². The highest BCUT2D eigenvalue weighted by Crippen LogP contribution is 2.22. The minimum atomic E-state index is 0.530. The molecule has 0 aliphatic heterocycles. The normalized spacial score (nSPS) is 10.7. The Hall–Kier alpha value is -1.10. The molecule has 0 radical (unpaired) electrons. The molecule has 0 bridgehead atoms. The summed E-state index contributed by atoms with van der Waals surface area (Å²) in [5.74, 6) is 0.530. The maximum atomic E-state index is 5.10. The molecule has 5 heteroatoms. The van der Waals surface area contributed by atoms with E-state index in [-0.39, 0.29) is 0 Å². The highest BCUT2D eigenvalue weighted by atomic mass is 79.9. The molecule has 2 heterocycles. The summed E-state index contributed by atoms with van der Waals surface area (Å²) >= 11 is 3.35. The first-order chi connectivity index (χ1) is 6.24. The van der Waals surface area contributed by atoms with Gasteiger partial charge in [-0.1, -0.05) is 0 Å². The van der Waals surface area contributed by atoms with Crippen LogP contribution in [-0.2, 0) is 0 Å². The molecule has 13 heavy (non-hydrogen) atoms. The minimum Gasteiger partial charge on any atom is -0.478 e. The van der Waals surface area contributed by atoms with Gasteiger partial charge in [0.15, 0.2) is 0 Å². The molecule has 0 atom stereocenters. The zero-order chi connectivity index (χ0) is 9.42. The first-order valence-corrected chi connectivity index (χ1v) is 4.56. The van der Waals surface area contributed by atoms with E-state index in [2.05, 4.69) is 25.9 Å². The quantitative estimate of drug-likeness (QED) is 0.765. The van der Waals surface area contributed by atoms with Gasteiger partial charge in [-0.25, -0.2) is 9.97 Å². The summed E-state index contributed by atoms with van der Waals surface area (Å²) in [5.41, 5.74) is 1.75. The third-order valence-corrected chi connectivity index (χ3v) is 2.64. The predicted molar refractivity (Wildman–Crippen MR) is 52.0 cm³/mol. The summed E-state index contributed by atoms with van der Waals surface area (Å²) in [5, 5.41) is 0. The van der Waals surface area contributed by atoms with Gasteiger partial charge in [-0.3, -0.25) is 4.40 Å². The lowest BCUT2D eigenvalue weighted by Crippen LogP contribution is -1.98. The van der Waals surface area contributed by atoms with Crippen LogP contribution in [0.4, 0.5) is 0 Å².